The van der Waals surface area contributed by atoms with Gasteiger partial charge in [0.05, 0.1) is 27.6 Å². The first-order valence-corrected chi connectivity index (χ1v) is 12.0. The number of halogens is 3. The van der Waals surface area contributed by atoms with Crippen molar-refractivity contribution in [1.29, 1.82) is 1.43 Å². The van der Waals surface area contributed by atoms with Crippen molar-refractivity contribution in [3.05, 3.63) is 101 Å². The average molecular weight is 636 g/mol. The van der Waals surface area contributed by atoms with Gasteiger partial charge in [0.1, 0.15) is 11.4 Å². The number of sulfonamides is 1. The first-order valence-electron chi connectivity index (χ1n) is 26.9. The third kappa shape index (κ3) is 7.13. The summed E-state index contributed by atoms with van der Waals surface area (Å²) in [7, 11) is -6.36. The fourth-order valence-corrected chi connectivity index (χ4v) is 3.65. The molecule has 2 aromatic carbocycles. The SMILES string of the molecule is [2H]OC1=C(C([2H])(c2c([2H])c([2H])c([2H])c(N([2H])S(=O)(=O)c3nc([2H])c(C(F)(F)F)c([2H])c3[2H])c2[2H])C([2H])([2H])C([2H])([2H])[2H])C(=O)OC(C([2H])([2H])C([2H])([2H])c2c([2H])c([2H])c([2H])c([2H])c2[2H])(C([2H])([2H])C([2H])([2H])C([2H])([2H])[2H])C1([2H])[2H]. The summed E-state index contributed by atoms with van der Waals surface area (Å²) in [4.78, 5) is 17.8. The Labute approximate surface area is 290 Å². The van der Waals surface area contributed by atoms with Crippen molar-refractivity contribution in [3.8, 4) is 0 Å². The highest BCUT2D eigenvalue weighted by molar-refractivity contribution is 7.92. The van der Waals surface area contributed by atoms with Gasteiger partial charge in [-0.05, 0) is 60.8 Å². The summed E-state index contributed by atoms with van der Waals surface area (Å²) in [5.41, 5.74) is -16.8. The van der Waals surface area contributed by atoms with Gasteiger partial charge in [0.15, 0.2) is 6.44 Å². The summed E-state index contributed by atoms with van der Waals surface area (Å²) < 4.78 is 352. The van der Waals surface area contributed by atoms with E-state index in [9.17, 15) is 33.2 Å². The topological polar surface area (TPSA) is 106 Å². The number of rotatable bonds is 12. The van der Waals surface area contributed by atoms with Crippen molar-refractivity contribution in [2.45, 2.75) is 74.6 Å². The number of anilines is 1. The van der Waals surface area contributed by atoms with Gasteiger partial charge in [-0.15, -0.1) is 0 Å². The lowest BCUT2D eigenvalue weighted by Crippen LogP contribution is -2.41. The van der Waals surface area contributed by atoms with Crippen LogP contribution in [0, 0.1) is 0 Å². The Morgan fingerprint density at radius 3 is 2.76 bits per heavy atom. The summed E-state index contributed by atoms with van der Waals surface area (Å²) >= 11 is 0. The molecule has 0 aliphatic carbocycles. The molecule has 1 aromatic heterocycles. The van der Waals surface area contributed by atoms with Crippen LogP contribution in [0.25, 0.3) is 1.43 Å². The number of carbonyl (C=O) groups is 1. The molecule has 0 bridgehead atoms. The first-order chi connectivity index (χ1) is 33.1. The van der Waals surface area contributed by atoms with E-state index in [4.69, 9.17) is 43.2 Å². The van der Waals surface area contributed by atoms with Gasteiger partial charge in [0, 0.05) is 50.2 Å². The number of nitrogens with zero attached hydrogens (tertiary/aromatic N) is 1. The molecule has 7 nitrogen and oxygen atoms in total. The minimum atomic E-state index is -6.36. The zero-order valence-corrected chi connectivity index (χ0v) is 20.8. The lowest BCUT2D eigenvalue weighted by molar-refractivity contribution is -0.161. The van der Waals surface area contributed by atoms with Crippen molar-refractivity contribution in [2.24, 2.45) is 0 Å². The molecule has 11 heteroatoms. The number of aromatic nitrogens is 1. The number of aliphatic hydroxyl groups is 1. The number of hydrogen-bond acceptors (Lipinski definition) is 6. The molecule has 0 fully saturated rings. The van der Waals surface area contributed by atoms with Gasteiger partial charge in [-0.3, -0.25) is 4.72 Å². The second kappa shape index (κ2) is 12.6. The summed E-state index contributed by atoms with van der Waals surface area (Å²) in [6, 6.07) is -20.1. The van der Waals surface area contributed by atoms with Crippen LogP contribution in [0.15, 0.2) is 89.0 Å². The summed E-state index contributed by atoms with van der Waals surface area (Å²) in [6.07, 6.45) is -38.3. The lowest BCUT2D eigenvalue weighted by Gasteiger charge is -2.38. The van der Waals surface area contributed by atoms with E-state index in [1.54, 1.807) is 0 Å². The zero-order valence-electron chi connectivity index (χ0n) is 53.0. The maximum atomic E-state index is 15.0. The number of aliphatic hydroxyl groups excluding tert-OH is 1. The molecule has 2 N–H and O–H groups in total. The number of benzene rings is 2. The maximum absolute atomic E-state index is 15.0. The van der Waals surface area contributed by atoms with Crippen molar-refractivity contribution in [2.75, 3.05) is 4.72 Å². The third-order valence-electron chi connectivity index (χ3n) is 4.61. The van der Waals surface area contributed by atoms with Crippen LogP contribution in [-0.2, 0) is 32.1 Å². The fraction of sp³-hybridized carbons (Fsp3) is 0.355. The van der Waals surface area contributed by atoms with Crippen LogP contribution in [0.4, 0.5) is 18.9 Å². The maximum Gasteiger partial charge on any atom is 0.417 e. The zero-order chi connectivity index (χ0) is 59.2. The molecule has 0 radical (unpaired) electrons. The molecular weight excluding hydrogens is 569 g/mol. The summed E-state index contributed by atoms with van der Waals surface area (Å²) in [5.74, 6) is -10.9. The molecule has 42 heavy (non-hydrogen) atoms. The van der Waals surface area contributed by atoms with Crippen LogP contribution in [0.2, 0.25) is 1.41 Å². The molecule has 2 atom stereocenters. The number of cyclic esters (lactones) is 1. The van der Waals surface area contributed by atoms with Crippen LogP contribution in [0.1, 0.15) is 111 Å². The Kier molecular flexibility index (Phi) is 2.86. The number of ether oxygens (including phenoxy) is 1. The number of hydrogen-bond donors (Lipinski definition) is 2. The first kappa shape index (κ1) is 9.57. The Bertz CT molecular complexity index is 3020. The van der Waals surface area contributed by atoms with Crippen LogP contribution < -0.4 is 4.72 Å². The Balaban J connectivity index is 2.39. The number of nitrogens with one attached hydrogen (secondary N) is 1. The number of pyridine rings is 1. The second-order valence-corrected chi connectivity index (χ2v) is 8.86. The van der Waals surface area contributed by atoms with Gasteiger partial charge in [0.25, 0.3) is 11.5 Å². The second-order valence-electron chi connectivity index (χ2n) is 7.34. The predicted octanol–water partition coefficient (Wildman–Crippen LogP) is 7.33. The van der Waals surface area contributed by atoms with Crippen molar-refractivity contribution >= 4 is 21.7 Å². The number of esters is 1. The van der Waals surface area contributed by atoms with E-state index in [-0.39, 0.29) is 0 Å². The molecule has 1 aliphatic rings. The lowest BCUT2D eigenvalue weighted by atomic mass is 9.80. The summed E-state index contributed by atoms with van der Waals surface area (Å²) in [6.45, 7) is -9.19. The van der Waals surface area contributed by atoms with Gasteiger partial charge in [-0.2, -0.15) is 21.6 Å². The number of alkyl halides is 3. The molecular formula is C31H33F3N2O5S. The van der Waals surface area contributed by atoms with Gasteiger partial charge in [-0.25, -0.2) is 9.78 Å². The van der Waals surface area contributed by atoms with E-state index < -0.39 is 202 Å². The average Bonchev–Trinajstić information content (AvgIpc) is 3.23. The quantitative estimate of drug-likeness (QED) is 0.202. The third-order valence-corrected chi connectivity index (χ3v) is 5.71. The van der Waals surface area contributed by atoms with Crippen LogP contribution >= 0.6 is 0 Å². The van der Waals surface area contributed by atoms with Gasteiger partial charge in [0.2, 0.25) is 0 Å². The van der Waals surface area contributed by atoms with E-state index >= 15 is 0 Å². The van der Waals surface area contributed by atoms with E-state index in [2.05, 4.69) is 10.1 Å². The highest BCUT2D eigenvalue weighted by Crippen LogP contribution is 2.42. The van der Waals surface area contributed by atoms with E-state index in [0.717, 1.165) is 0 Å². The molecule has 0 spiro atoms. The van der Waals surface area contributed by atoms with Crippen LogP contribution in [-0.4, -0.2) is 30.1 Å². The Hall–Kier alpha value is -3.86. The van der Waals surface area contributed by atoms with Crippen molar-refractivity contribution in [1.82, 2.24) is 4.98 Å². The minimum Gasteiger partial charge on any atom is -0.512 e. The van der Waals surface area contributed by atoms with Gasteiger partial charge in [-0.1, -0.05) is 62.4 Å². The molecule has 0 amide bonds. The molecule has 2 heterocycles. The largest absolute Gasteiger partial charge is 0.512 e. The fourth-order valence-electron chi connectivity index (χ4n) is 2.89. The van der Waals surface area contributed by atoms with Crippen molar-refractivity contribution < 1.29 is 80.1 Å². The van der Waals surface area contributed by atoms with E-state index in [1.807, 2.05) is 0 Å². The molecule has 3 aromatic rings. The smallest absolute Gasteiger partial charge is 0.417 e. The summed E-state index contributed by atoms with van der Waals surface area (Å²) in [5, 5.41) is 2.10. The standard InChI is InChI=1S/C31H33F3N2O5S/c1-3-16-30(17-15-21-9-6-5-7-10-21)19-26(37)28(29(38)41-30)25(4-2)22-11-8-12-24(18-22)36-42(39,40)27-14-13-23(20-35-27)31(32,33)34/h5-14,18,20,25,36-37H,3-4,15-17,19H2,1-2H3/i1D3,2D3,3D2,4D2,5D,6D,7D,8D,9D,10D,11D,12D,13D,14D,15D2,16D2,17D2,18D,19D2,20D,25D/hD2. The molecule has 4 rings (SSSR count). The Morgan fingerprint density at radius 1 is 1.24 bits per heavy atom. The molecule has 1 aliphatic heterocycles. The highest BCUT2D eigenvalue weighted by atomic mass is 32.2. The van der Waals surface area contributed by atoms with E-state index in [1.165, 1.54) is 0 Å². The van der Waals surface area contributed by atoms with Crippen LogP contribution in [0.3, 0.4) is 0 Å². The van der Waals surface area contributed by atoms with E-state index in [0.29, 0.717) is 0 Å². The normalized spacial score (nSPS) is 34.0. The minimum absolute atomic E-state index is 1.21. The number of carbonyl (C=O) groups excluding carboxylic acids is 1. The predicted molar refractivity (Wildman–Crippen MR) is 152 cm³/mol. The monoisotopic (exact) mass is 635 g/mol. The molecule has 0 saturated heterocycles. The highest BCUT2D eigenvalue weighted by Gasteiger charge is 2.43. The van der Waals surface area contributed by atoms with Crippen molar-refractivity contribution in [3.63, 3.8) is 0 Å². The molecule has 2 unspecified atom stereocenters. The van der Waals surface area contributed by atoms with Gasteiger partial charge < -0.3 is 9.85 Å². The Morgan fingerprint density at radius 2 is 2.05 bits per heavy atom. The van der Waals surface area contributed by atoms with Crippen LogP contribution in [0.5, 0.6) is 0 Å². The molecule has 224 valence electrons. The van der Waals surface area contributed by atoms with Gasteiger partial charge >= 0.3 is 12.1 Å². The molecule has 0 saturated carbocycles.